The van der Waals surface area contributed by atoms with Crippen molar-refractivity contribution in [3.8, 4) is 11.5 Å². The van der Waals surface area contributed by atoms with E-state index in [4.69, 9.17) is 16.4 Å². The van der Waals surface area contributed by atoms with Crippen molar-refractivity contribution in [3.05, 3.63) is 41.2 Å². The summed E-state index contributed by atoms with van der Waals surface area (Å²) >= 11 is 9.56. The number of nitrogens with zero attached hydrogens (tertiary/aromatic N) is 4. The van der Waals surface area contributed by atoms with Crippen molar-refractivity contribution < 1.29 is 27.2 Å². The van der Waals surface area contributed by atoms with E-state index < -0.39 is 12.5 Å². The third kappa shape index (κ3) is 7.72. The van der Waals surface area contributed by atoms with E-state index in [0.717, 1.165) is 48.9 Å². The number of pyridine rings is 1. The highest BCUT2D eigenvalue weighted by Crippen LogP contribution is 2.38. The number of aromatic nitrogens is 4. The Morgan fingerprint density at radius 2 is 1.92 bits per heavy atom. The number of hydrogen-bond donors (Lipinski definition) is 3. The van der Waals surface area contributed by atoms with Crippen LogP contribution in [0.3, 0.4) is 0 Å². The Morgan fingerprint density at radius 3 is 2.50 bits per heavy atom. The highest BCUT2D eigenvalue weighted by Gasteiger charge is 2.28. The SMILES string of the molecule is O=C(Nc1ncc(SN2CCC(c3[nH]c(-c4ccc(F)cn4)nc3Cl)CC2)s1)C1CNC1.O=CC(F)(F)F. The van der Waals surface area contributed by atoms with Crippen LogP contribution in [0.1, 0.15) is 24.5 Å². The molecular formula is C22H22ClF4N7O2S2. The van der Waals surface area contributed by atoms with Crippen LogP contribution in [0.2, 0.25) is 5.15 Å². The topological polar surface area (TPSA) is 116 Å². The molecule has 2 fully saturated rings. The molecule has 3 aromatic heterocycles. The molecule has 0 aromatic carbocycles. The molecule has 2 aliphatic rings. The number of rotatable bonds is 6. The maximum Gasteiger partial charge on any atom is 0.446 e. The molecule has 0 radical (unpaired) electrons. The minimum absolute atomic E-state index is 0.0297. The lowest BCUT2D eigenvalue weighted by Gasteiger charge is -2.30. The van der Waals surface area contributed by atoms with E-state index in [-0.39, 0.29) is 23.6 Å². The van der Waals surface area contributed by atoms with Gasteiger partial charge in [-0.25, -0.2) is 23.6 Å². The standard InChI is InChI=1S/C20H21ClFN7OS2.C2HF3O/c21-17-16(26-18(27-17)14-2-1-13(22)9-24-14)11-3-5-29(6-4-11)32-15-10-25-20(31-15)28-19(30)12-7-23-8-12;3-2(4,5)1-6/h1-2,9-12,23H,3-8H2,(H,26,27)(H,25,28,30);1H. The van der Waals surface area contributed by atoms with Crippen LogP contribution in [0.25, 0.3) is 11.5 Å². The second-order valence-corrected chi connectivity index (χ2v) is 11.2. The number of alkyl halides is 3. The second kappa shape index (κ2) is 12.5. The van der Waals surface area contributed by atoms with Gasteiger partial charge in [0.2, 0.25) is 12.2 Å². The highest BCUT2D eigenvalue weighted by molar-refractivity contribution is 7.99. The van der Waals surface area contributed by atoms with E-state index in [9.17, 15) is 22.4 Å². The number of nitrogens with one attached hydrogen (secondary N) is 3. The van der Waals surface area contributed by atoms with Crippen molar-refractivity contribution >= 4 is 52.2 Å². The first-order valence-corrected chi connectivity index (χ1v) is 13.4. The van der Waals surface area contributed by atoms with Gasteiger partial charge in [-0.3, -0.25) is 9.59 Å². The first-order valence-electron chi connectivity index (χ1n) is 11.4. The molecule has 2 saturated heterocycles. The molecule has 38 heavy (non-hydrogen) atoms. The van der Waals surface area contributed by atoms with Crippen LogP contribution in [-0.2, 0) is 9.59 Å². The number of carbonyl (C=O) groups excluding carboxylic acids is 2. The number of imidazole rings is 1. The van der Waals surface area contributed by atoms with Gasteiger partial charge in [-0.05, 0) is 36.9 Å². The Labute approximate surface area is 227 Å². The summed E-state index contributed by atoms with van der Waals surface area (Å²) < 4.78 is 47.7. The van der Waals surface area contributed by atoms with E-state index in [0.29, 0.717) is 21.8 Å². The average molecular weight is 592 g/mol. The van der Waals surface area contributed by atoms with Gasteiger partial charge in [-0.2, -0.15) is 13.2 Å². The third-order valence-electron chi connectivity index (χ3n) is 5.74. The Bertz CT molecular complexity index is 1240. The molecule has 0 aliphatic carbocycles. The summed E-state index contributed by atoms with van der Waals surface area (Å²) in [5.74, 6) is 0.513. The van der Waals surface area contributed by atoms with E-state index in [2.05, 4.69) is 34.9 Å². The van der Waals surface area contributed by atoms with Crippen LogP contribution < -0.4 is 10.6 Å². The Kier molecular flexibility index (Phi) is 9.36. The van der Waals surface area contributed by atoms with Crippen molar-refractivity contribution in [2.45, 2.75) is 29.1 Å². The van der Waals surface area contributed by atoms with E-state index in [1.807, 2.05) is 6.20 Å². The van der Waals surface area contributed by atoms with E-state index in [1.165, 1.54) is 23.6 Å². The van der Waals surface area contributed by atoms with Crippen molar-refractivity contribution in [1.29, 1.82) is 0 Å². The van der Waals surface area contributed by atoms with Crippen molar-refractivity contribution in [1.82, 2.24) is 29.6 Å². The Morgan fingerprint density at radius 1 is 1.21 bits per heavy atom. The minimum atomic E-state index is -4.64. The summed E-state index contributed by atoms with van der Waals surface area (Å²) in [4.78, 5) is 36.8. The zero-order chi connectivity index (χ0) is 27.3. The van der Waals surface area contributed by atoms with Crippen LogP contribution >= 0.6 is 34.9 Å². The average Bonchev–Trinajstić information content (AvgIpc) is 3.45. The maximum absolute atomic E-state index is 13.1. The van der Waals surface area contributed by atoms with Crippen LogP contribution in [0, 0.1) is 11.7 Å². The lowest BCUT2D eigenvalue weighted by molar-refractivity contribution is -0.156. The van der Waals surface area contributed by atoms with Crippen LogP contribution in [0.5, 0.6) is 0 Å². The van der Waals surface area contributed by atoms with Gasteiger partial charge in [0.15, 0.2) is 16.1 Å². The molecular weight excluding hydrogens is 570 g/mol. The third-order valence-corrected chi connectivity index (χ3v) is 8.11. The quantitative estimate of drug-likeness (QED) is 0.218. The van der Waals surface area contributed by atoms with Gasteiger partial charge in [0.1, 0.15) is 11.5 Å². The molecule has 9 nitrogen and oxygen atoms in total. The van der Waals surface area contributed by atoms with Crippen LogP contribution in [-0.4, -0.2) is 68.8 Å². The van der Waals surface area contributed by atoms with Gasteiger partial charge in [-0.15, -0.1) is 0 Å². The summed E-state index contributed by atoms with van der Waals surface area (Å²) in [6.45, 7) is 3.25. The molecule has 5 rings (SSSR count). The lowest BCUT2D eigenvalue weighted by atomic mass is 9.95. The predicted octanol–water partition coefficient (Wildman–Crippen LogP) is 4.51. The largest absolute Gasteiger partial charge is 0.446 e. The van der Waals surface area contributed by atoms with E-state index in [1.54, 1.807) is 18.0 Å². The van der Waals surface area contributed by atoms with Gasteiger partial charge in [0.25, 0.3) is 0 Å². The zero-order valence-electron chi connectivity index (χ0n) is 19.6. The van der Waals surface area contributed by atoms with Gasteiger partial charge >= 0.3 is 6.18 Å². The number of halogens is 5. The first-order chi connectivity index (χ1) is 18.1. The van der Waals surface area contributed by atoms with Crippen molar-refractivity contribution in [3.63, 3.8) is 0 Å². The normalized spacial score (nSPS) is 16.9. The molecule has 5 heterocycles. The predicted molar refractivity (Wildman–Crippen MR) is 135 cm³/mol. The summed E-state index contributed by atoms with van der Waals surface area (Å²) in [6.07, 6.45) is -0.858. The second-order valence-electron chi connectivity index (χ2n) is 8.43. The number of thiazole rings is 1. The minimum Gasteiger partial charge on any atom is -0.339 e. The molecule has 3 aromatic rings. The van der Waals surface area contributed by atoms with Crippen molar-refractivity contribution in [2.75, 3.05) is 31.5 Å². The molecule has 3 N–H and O–H groups in total. The van der Waals surface area contributed by atoms with Crippen LogP contribution in [0.15, 0.2) is 28.7 Å². The fraction of sp³-hybridized carbons (Fsp3) is 0.409. The number of anilines is 1. The maximum atomic E-state index is 13.1. The molecule has 16 heteroatoms. The smallest absolute Gasteiger partial charge is 0.339 e. The monoisotopic (exact) mass is 591 g/mol. The number of amides is 1. The molecule has 204 valence electrons. The fourth-order valence-electron chi connectivity index (χ4n) is 3.68. The number of hydrogen-bond acceptors (Lipinski definition) is 9. The molecule has 1 amide bonds. The Balaban J connectivity index is 0.000000505. The van der Waals surface area contributed by atoms with E-state index >= 15 is 0 Å². The first kappa shape index (κ1) is 28.4. The number of aldehydes is 1. The summed E-state index contributed by atoms with van der Waals surface area (Å²) in [5, 5.41) is 7.09. The summed E-state index contributed by atoms with van der Waals surface area (Å²) in [5.41, 5.74) is 1.47. The molecule has 2 aliphatic heterocycles. The molecule has 0 unspecified atom stereocenters. The fourth-order valence-corrected chi connectivity index (χ4v) is 5.97. The van der Waals surface area contributed by atoms with Gasteiger partial charge < -0.3 is 15.6 Å². The van der Waals surface area contributed by atoms with Gasteiger partial charge in [-0.1, -0.05) is 22.9 Å². The summed E-state index contributed by atoms with van der Waals surface area (Å²) in [6, 6.07) is 2.94. The van der Waals surface area contributed by atoms with Gasteiger partial charge in [0.05, 0.1) is 28.2 Å². The van der Waals surface area contributed by atoms with Crippen LogP contribution in [0.4, 0.5) is 22.7 Å². The molecule has 0 bridgehead atoms. The lowest BCUT2D eigenvalue weighted by Crippen LogP contribution is -2.48. The molecule has 0 saturated carbocycles. The highest BCUT2D eigenvalue weighted by atomic mass is 35.5. The van der Waals surface area contributed by atoms with Gasteiger partial charge in [0, 0.05) is 32.1 Å². The number of H-pyrrole nitrogens is 1. The molecule has 0 atom stereocenters. The summed E-state index contributed by atoms with van der Waals surface area (Å²) in [7, 11) is 0. The number of aromatic amines is 1. The molecule has 0 spiro atoms. The zero-order valence-corrected chi connectivity index (χ0v) is 22.0. The van der Waals surface area contributed by atoms with Crippen molar-refractivity contribution in [2.24, 2.45) is 5.92 Å². The Hall–Kier alpha value is -2.59. The number of piperidine rings is 1. The number of carbonyl (C=O) groups is 2.